The van der Waals surface area contributed by atoms with Crippen LogP contribution in [0.2, 0.25) is 0 Å². The number of thiophene rings is 1. The smallest absolute Gasteiger partial charge is 0.222 e. The van der Waals surface area contributed by atoms with E-state index in [1.165, 1.54) is 5.56 Å². The van der Waals surface area contributed by atoms with Crippen molar-refractivity contribution in [3.8, 4) is 0 Å². The number of hydrogen-bond donors (Lipinski definition) is 0. The van der Waals surface area contributed by atoms with E-state index in [4.69, 9.17) is 0 Å². The first-order valence-corrected chi connectivity index (χ1v) is 8.75. The van der Waals surface area contributed by atoms with E-state index in [2.05, 4.69) is 26.8 Å². The summed E-state index contributed by atoms with van der Waals surface area (Å²) in [6, 6.07) is 4.10. The van der Waals surface area contributed by atoms with Gasteiger partial charge in [-0.15, -0.1) is 0 Å². The largest absolute Gasteiger partial charge is 0.343 e. The molecule has 4 nitrogen and oxygen atoms in total. The molecule has 3 heterocycles. The van der Waals surface area contributed by atoms with E-state index in [0.717, 1.165) is 43.9 Å². The lowest BCUT2D eigenvalue weighted by atomic mass is 9.93. The van der Waals surface area contributed by atoms with Gasteiger partial charge in [-0.2, -0.15) is 11.3 Å². The summed E-state index contributed by atoms with van der Waals surface area (Å²) in [6.07, 6.45) is 5.30. The molecule has 116 valence electrons. The first-order valence-electron chi connectivity index (χ1n) is 7.81. The number of aromatic nitrogens is 2. The van der Waals surface area contributed by atoms with Crippen LogP contribution >= 0.6 is 11.3 Å². The summed E-state index contributed by atoms with van der Waals surface area (Å²) in [7, 11) is 0. The van der Waals surface area contributed by atoms with Gasteiger partial charge in [0.25, 0.3) is 0 Å². The maximum Gasteiger partial charge on any atom is 0.222 e. The maximum absolute atomic E-state index is 12.3. The topological polar surface area (TPSA) is 46.1 Å². The van der Waals surface area contributed by atoms with Crippen LogP contribution in [0.15, 0.2) is 29.1 Å². The summed E-state index contributed by atoms with van der Waals surface area (Å²) in [5, 5.41) is 4.19. The average Bonchev–Trinajstić information content (AvgIpc) is 3.06. The van der Waals surface area contributed by atoms with Crippen LogP contribution in [0.1, 0.15) is 42.3 Å². The number of amides is 1. The second-order valence-electron chi connectivity index (χ2n) is 5.82. The monoisotopic (exact) mass is 315 g/mol. The molecule has 1 fully saturated rings. The SMILES string of the molecule is Cc1nccc(C2CCN(C(=O)CCc3ccsc3)CC2)n1. The summed E-state index contributed by atoms with van der Waals surface area (Å²) in [5.74, 6) is 1.57. The van der Waals surface area contributed by atoms with Crippen LogP contribution in [0, 0.1) is 6.92 Å². The summed E-state index contributed by atoms with van der Waals surface area (Å²) in [5.41, 5.74) is 2.39. The molecule has 0 saturated carbocycles. The van der Waals surface area contributed by atoms with Gasteiger partial charge in [-0.25, -0.2) is 9.97 Å². The number of rotatable bonds is 4. The lowest BCUT2D eigenvalue weighted by Gasteiger charge is -2.31. The molecule has 0 atom stereocenters. The lowest BCUT2D eigenvalue weighted by molar-refractivity contribution is -0.132. The van der Waals surface area contributed by atoms with Crippen LogP contribution in [0.3, 0.4) is 0 Å². The Hall–Kier alpha value is -1.75. The summed E-state index contributed by atoms with van der Waals surface area (Å²) in [6.45, 7) is 3.61. The summed E-state index contributed by atoms with van der Waals surface area (Å²) in [4.78, 5) is 23.0. The zero-order valence-corrected chi connectivity index (χ0v) is 13.7. The standard InChI is InChI=1S/C17H21N3OS/c1-13-18-8-4-16(19-13)15-5-9-20(10-6-15)17(21)3-2-14-7-11-22-12-14/h4,7-8,11-12,15H,2-3,5-6,9-10H2,1H3. The molecule has 1 amide bonds. The van der Waals surface area contributed by atoms with Crippen LogP contribution < -0.4 is 0 Å². The Kier molecular flexibility index (Phi) is 4.83. The molecule has 5 heteroatoms. The number of carbonyl (C=O) groups excluding carboxylic acids is 1. The molecule has 2 aromatic heterocycles. The molecule has 0 aliphatic carbocycles. The minimum absolute atomic E-state index is 0.281. The van der Waals surface area contributed by atoms with Crippen molar-refractivity contribution in [3.63, 3.8) is 0 Å². The zero-order chi connectivity index (χ0) is 15.4. The van der Waals surface area contributed by atoms with E-state index in [9.17, 15) is 4.79 Å². The van der Waals surface area contributed by atoms with Crippen molar-refractivity contribution in [2.24, 2.45) is 0 Å². The van der Waals surface area contributed by atoms with E-state index >= 15 is 0 Å². The van der Waals surface area contributed by atoms with Crippen LogP contribution in [0.25, 0.3) is 0 Å². The van der Waals surface area contributed by atoms with Crippen LogP contribution in [0.4, 0.5) is 0 Å². The molecule has 0 bridgehead atoms. The maximum atomic E-state index is 12.3. The molecular weight excluding hydrogens is 294 g/mol. The van der Waals surface area contributed by atoms with Crippen molar-refractivity contribution >= 4 is 17.2 Å². The van der Waals surface area contributed by atoms with E-state index < -0.39 is 0 Å². The van der Waals surface area contributed by atoms with Crippen molar-refractivity contribution in [3.05, 3.63) is 46.2 Å². The number of hydrogen-bond acceptors (Lipinski definition) is 4. The molecule has 2 aromatic rings. The van der Waals surface area contributed by atoms with Gasteiger partial charge in [0, 0.05) is 37.3 Å². The fourth-order valence-electron chi connectivity index (χ4n) is 2.97. The highest BCUT2D eigenvalue weighted by atomic mass is 32.1. The summed E-state index contributed by atoms with van der Waals surface area (Å²) < 4.78 is 0. The second kappa shape index (κ2) is 7.01. The third-order valence-corrected chi connectivity index (χ3v) is 5.00. The molecule has 1 saturated heterocycles. The predicted molar refractivity (Wildman–Crippen MR) is 88.0 cm³/mol. The minimum atomic E-state index is 0.281. The second-order valence-corrected chi connectivity index (χ2v) is 6.60. The Morgan fingerprint density at radius 1 is 1.36 bits per heavy atom. The molecule has 0 N–H and O–H groups in total. The number of piperidine rings is 1. The van der Waals surface area contributed by atoms with Gasteiger partial charge in [-0.05, 0) is 54.6 Å². The van der Waals surface area contributed by atoms with Gasteiger partial charge in [0.15, 0.2) is 0 Å². The number of aryl methyl sites for hydroxylation is 2. The predicted octanol–water partition coefficient (Wildman–Crippen LogP) is 3.19. The number of nitrogens with zero attached hydrogens (tertiary/aromatic N) is 3. The molecular formula is C17H21N3OS. The Labute approximate surface area is 135 Å². The first kappa shape index (κ1) is 15.2. The zero-order valence-electron chi connectivity index (χ0n) is 12.9. The van der Waals surface area contributed by atoms with Crippen molar-refractivity contribution in [2.75, 3.05) is 13.1 Å². The van der Waals surface area contributed by atoms with E-state index in [1.54, 1.807) is 11.3 Å². The Morgan fingerprint density at radius 2 is 2.18 bits per heavy atom. The first-order chi connectivity index (χ1) is 10.7. The molecule has 0 unspecified atom stereocenters. The van der Waals surface area contributed by atoms with E-state index in [1.807, 2.05) is 24.1 Å². The van der Waals surface area contributed by atoms with Gasteiger partial charge >= 0.3 is 0 Å². The fourth-order valence-corrected chi connectivity index (χ4v) is 3.67. The van der Waals surface area contributed by atoms with Gasteiger partial charge in [-0.1, -0.05) is 0 Å². The highest BCUT2D eigenvalue weighted by Crippen LogP contribution is 2.26. The molecule has 22 heavy (non-hydrogen) atoms. The minimum Gasteiger partial charge on any atom is -0.343 e. The third-order valence-electron chi connectivity index (χ3n) is 4.27. The molecule has 0 aromatic carbocycles. The highest BCUT2D eigenvalue weighted by molar-refractivity contribution is 7.07. The van der Waals surface area contributed by atoms with Crippen molar-refractivity contribution in [1.29, 1.82) is 0 Å². The van der Waals surface area contributed by atoms with Gasteiger partial charge in [0.2, 0.25) is 5.91 Å². The van der Waals surface area contributed by atoms with Crippen molar-refractivity contribution in [1.82, 2.24) is 14.9 Å². The van der Waals surface area contributed by atoms with Crippen LogP contribution in [-0.2, 0) is 11.2 Å². The molecule has 0 radical (unpaired) electrons. The van der Waals surface area contributed by atoms with E-state index in [0.29, 0.717) is 12.3 Å². The highest BCUT2D eigenvalue weighted by Gasteiger charge is 2.24. The lowest BCUT2D eigenvalue weighted by Crippen LogP contribution is -2.38. The van der Waals surface area contributed by atoms with Crippen molar-refractivity contribution < 1.29 is 4.79 Å². The average molecular weight is 315 g/mol. The van der Waals surface area contributed by atoms with E-state index in [-0.39, 0.29) is 5.91 Å². The Balaban J connectivity index is 1.49. The quantitative estimate of drug-likeness (QED) is 0.870. The summed E-state index contributed by atoms with van der Waals surface area (Å²) >= 11 is 1.69. The van der Waals surface area contributed by atoms with Gasteiger partial charge in [-0.3, -0.25) is 4.79 Å². The van der Waals surface area contributed by atoms with Gasteiger partial charge in [0.05, 0.1) is 0 Å². The Bertz CT molecular complexity index is 619. The van der Waals surface area contributed by atoms with Gasteiger partial charge in [0.1, 0.15) is 5.82 Å². The van der Waals surface area contributed by atoms with Crippen molar-refractivity contribution in [2.45, 2.75) is 38.5 Å². The fraction of sp³-hybridized carbons (Fsp3) is 0.471. The van der Waals surface area contributed by atoms with Gasteiger partial charge < -0.3 is 4.90 Å². The molecule has 1 aliphatic rings. The Morgan fingerprint density at radius 3 is 2.86 bits per heavy atom. The van der Waals surface area contributed by atoms with Crippen LogP contribution in [-0.4, -0.2) is 33.9 Å². The third kappa shape index (κ3) is 3.71. The number of carbonyl (C=O) groups is 1. The molecule has 3 rings (SSSR count). The normalized spacial score (nSPS) is 16.0. The molecule has 0 spiro atoms. The number of likely N-dealkylation sites (tertiary alicyclic amines) is 1. The van der Waals surface area contributed by atoms with Crippen LogP contribution in [0.5, 0.6) is 0 Å². The molecule has 1 aliphatic heterocycles.